The van der Waals surface area contributed by atoms with E-state index < -0.39 is 16.8 Å². The number of carbonyl (C=O) groups is 2. The predicted octanol–water partition coefficient (Wildman–Crippen LogP) is 4.53. The summed E-state index contributed by atoms with van der Waals surface area (Å²) in [5, 5.41) is 14.7. The number of non-ortho nitro benzene ring substituents is 1. The maximum absolute atomic E-state index is 13.5. The van der Waals surface area contributed by atoms with Crippen molar-refractivity contribution < 1.29 is 24.0 Å². The molecule has 0 aromatic heterocycles. The Morgan fingerprint density at radius 3 is 2.53 bits per heavy atom. The van der Waals surface area contributed by atoms with Crippen molar-refractivity contribution in [2.24, 2.45) is 0 Å². The fraction of sp³-hybridized carbons (Fsp3) is 0.308. The second-order valence-electron chi connectivity index (χ2n) is 8.36. The fourth-order valence-corrected chi connectivity index (χ4v) is 4.78. The SMILES string of the molecule is CCOC(=O)C1=C(C)NC2=C(C(=O)C[C@@H](c3ccc(OC)cc3)C2)[C@@H]1c1cccc([N+](=O)[O-])c1. The van der Waals surface area contributed by atoms with Crippen LogP contribution in [0.25, 0.3) is 0 Å². The number of hydrogen-bond acceptors (Lipinski definition) is 7. The number of nitrogens with one attached hydrogen (secondary N) is 1. The minimum atomic E-state index is -0.737. The van der Waals surface area contributed by atoms with Gasteiger partial charge in [-0.1, -0.05) is 24.3 Å². The van der Waals surface area contributed by atoms with Gasteiger partial charge in [-0.05, 0) is 49.4 Å². The zero-order chi connectivity index (χ0) is 24.4. The number of dihydropyridines is 1. The van der Waals surface area contributed by atoms with Crippen LogP contribution >= 0.6 is 0 Å². The number of benzene rings is 2. The van der Waals surface area contributed by atoms with Crippen LogP contribution in [0.4, 0.5) is 5.69 Å². The van der Waals surface area contributed by atoms with Crippen LogP contribution in [0.1, 0.15) is 49.7 Å². The first kappa shape index (κ1) is 23.2. The summed E-state index contributed by atoms with van der Waals surface area (Å²) in [5.41, 5.74) is 3.53. The standard InChI is InChI=1S/C26H26N2O6/c1-4-34-26(30)23-15(2)27-21-13-18(16-8-10-20(33-3)11-9-16)14-22(29)25(21)24(23)17-6-5-7-19(12-17)28(31)32/h5-12,18,24,27H,4,13-14H2,1-3H3/t18-,24+/m0/s1. The molecule has 1 aliphatic carbocycles. The van der Waals surface area contributed by atoms with Crippen molar-refractivity contribution in [3.05, 3.63) is 92.3 Å². The number of ketones is 1. The van der Waals surface area contributed by atoms with E-state index in [1.54, 1.807) is 33.1 Å². The smallest absolute Gasteiger partial charge is 0.336 e. The molecule has 1 N–H and O–H groups in total. The van der Waals surface area contributed by atoms with Gasteiger partial charge in [0.1, 0.15) is 5.75 Å². The molecular weight excluding hydrogens is 436 g/mol. The topological polar surface area (TPSA) is 108 Å². The molecule has 8 nitrogen and oxygen atoms in total. The van der Waals surface area contributed by atoms with Gasteiger partial charge >= 0.3 is 5.97 Å². The van der Waals surface area contributed by atoms with Gasteiger partial charge in [-0.15, -0.1) is 0 Å². The molecule has 34 heavy (non-hydrogen) atoms. The number of methoxy groups -OCH3 is 1. The number of allylic oxidation sites excluding steroid dienone is 3. The first-order chi connectivity index (χ1) is 16.3. The number of carbonyl (C=O) groups excluding carboxylic acids is 2. The quantitative estimate of drug-likeness (QED) is 0.382. The van der Waals surface area contributed by atoms with E-state index in [9.17, 15) is 19.7 Å². The molecule has 2 aliphatic rings. The van der Waals surface area contributed by atoms with Crippen LogP contribution < -0.4 is 10.1 Å². The summed E-state index contributed by atoms with van der Waals surface area (Å²) >= 11 is 0. The van der Waals surface area contributed by atoms with Gasteiger partial charge in [-0.25, -0.2) is 4.79 Å². The maximum atomic E-state index is 13.5. The number of Topliss-reactive ketones (excluding diaryl/α,β-unsaturated/α-hetero) is 1. The summed E-state index contributed by atoms with van der Waals surface area (Å²) in [6.07, 6.45) is 0.847. The monoisotopic (exact) mass is 462 g/mol. The van der Waals surface area contributed by atoms with E-state index in [0.29, 0.717) is 28.8 Å². The molecule has 1 aliphatic heterocycles. The minimum Gasteiger partial charge on any atom is -0.497 e. The van der Waals surface area contributed by atoms with Gasteiger partial charge in [-0.3, -0.25) is 14.9 Å². The largest absolute Gasteiger partial charge is 0.497 e. The second kappa shape index (κ2) is 9.51. The van der Waals surface area contributed by atoms with E-state index in [1.807, 2.05) is 24.3 Å². The van der Waals surface area contributed by atoms with Crippen molar-refractivity contribution in [1.82, 2.24) is 5.32 Å². The Kier molecular flexibility index (Phi) is 6.49. The number of ether oxygens (including phenoxy) is 2. The molecule has 2 atom stereocenters. The van der Waals surface area contributed by atoms with E-state index in [1.165, 1.54) is 12.1 Å². The van der Waals surface area contributed by atoms with Gasteiger partial charge in [0.25, 0.3) is 5.69 Å². The van der Waals surface area contributed by atoms with E-state index in [2.05, 4.69) is 5.32 Å². The number of nitrogens with zero attached hydrogens (tertiary/aromatic N) is 1. The van der Waals surface area contributed by atoms with E-state index in [4.69, 9.17) is 9.47 Å². The molecule has 0 saturated carbocycles. The highest BCUT2D eigenvalue weighted by Gasteiger charge is 2.41. The average Bonchev–Trinajstić information content (AvgIpc) is 2.83. The molecule has 8 heteroatoms. The van der Waals surface area contributed by atoms with Crippen LogP contribution in [0.5, 0.6) is 5.75 Å². The third-order valence-electron chi connectivity index (χ3n) is 6.32. The normalized spacial score (nSPS) is 19.9. The lowest BCUT2D eigenvalue weighted by atomic mass is 9.71. The van der Waals surface area contributed by atoms with Crippen molar-refractivity contribution in [2.45, 2.75) is 38.5 Å². The Morgan fingerprint density at radius 1 is 1.15 bits per heavy atom. The molecule has 0 unspecified atom stereocenters. The van der Waals surface area contributed by atoms with Gasteiger partial charge in [0.05, 0.1) is 24.2 Å². The minimum absolute atomic E-state index is 0.0349. The Hall–Kier alpha value is -3.94. The van der Waals surface area contributed by atoms with Crippen LogP contribution in [0.3, 0.4) is 0 Å². The average molecular weight is 463 g/mol. The second-order valence-corrected chi connectivity index (χ2v) is 8.36. The third kappa shape index (κ3) is 4.31. The summed E-state index contributed by atoms with van der Waals surface area (Å²) in [4.78, 5) is 37.4. The Labute approximate surface area is 197 Å². The van der Waals surface area contributed by atoms with E-state index in [-0.39, 0.29) is 30.4 Å². The van der Waals surface area contributed by atoms with Gasteiger partial charge in [-0.2, -0.15) is 0 Å². The van der Waals surface area contributed by atoms with Crippen molar-refractivity contribution in [1.29, 1.82) is 0 Å². The fourth-order valence-electron chi connectivity index (χ4n) is 4.78. The highest BCUT2D eigenvalue weighted by Crippen LogP contribution is 2.46. The number of rotatable bonds is 6. The molecule has 0 radical (unpaired) electrons. The van der Waals surface area contributed by atoms with Crippen LogP contribution in [-0.2, 0) is 14.3 Å². The number of hydrogen-bond donors (Lipinski definition) is 1. The van der Waals surface area contributed by atoms with Crippen molar-refractivity contribution in [2.75, 3.05) is 13.7 Å². The molecule has 0 amide bonds. The Balaban J connectivity index is 1.79. The summed E-state index contributed by atoms with van der Waals surface area (Å²) in [5.74, 6) is -0.668. The first-order valence-electron chi connectivity index (χ1n) is 11.1. The van der Waals surface area contributed by atoms with Gasteiger partial charge in [0, 0.05) is 41.4 Å². The first-order valence-corrected chi connectivity index (χ1v) is 11.1. The zero-order valence-electron chi connectivity index (χ0n) is 19.3. The third-order valence-corrected chi connectivity index (χ3v) is 6.32. The summed E-state index contributed by atoms with van der Waals surface area (Å²) < 4.78 is 10.5. The molecule has 176 valence electrons. The highest BCUT2D eigenvalue weighted by molar-refractivity contribution is 6.04. The lowest BCUT2D eigenvalue weighted by Gasteiger charge is -2.36. The summed E-state index contributed by atoms with van der Waals surface area (Å²) in [6, 6.07) is 13.7. The molecular formula is C26H26N2O6. The van der Waals surface area contributed by atoms with Crippen LogP contribution in [0.15, 0.2) is 71.1 Å². The van der Waals surface area contributed by atoms with Crippen LogP contribution in [0, 0.1) is 10.1 Å². The maximum Gasteiger partial charge on any atom is 0.336 e. The van der Waals surface area contributed by atoms with Crippen LogP contribution in [-0.4, -0.2) is 30.4 Å². The zero-order valence-corrected chi connectivity index (χ0v) is 19.3. The Bertz CT molecular complexity index is 1210. The molecule has 0 bridgehead atoms. The summed E-state index contributed by atoms with van der Waals surface area (Å²) in [7, 11) is 1.60. The van der Waals surface area contributed by atoms with Gasteiger partial charge < -0.3 is 14.8 Å². The number of nitro benzene ring substituents is 1. The van der Waals surface area contributed by atoms with Crippen molar-refractivity contribution >= 4 is 17.4 Å². The van der Waals surface area contributed by atoms with Crippen molar-refractivity contribution in [3.8, 4) is 5.75 Å². The van der Waals surface area contributed by atoms with Crippen molar-refractivity contribution in [3.63, 3.8) is 0 Å². The molecule has 4 rings (SSSR count). The van der Waals surface area contributed by atoms with Gasteiger partial charge in [0.2, 0.25) is 0 Å². The highest BCUT2D eigenvalue weighted by atomic mass is 16.6. The number of esters is 1. The van der Waals surface area contributed by atoms with E-state index >= 15 is 0 Å². The van der Waals surface area contributed by atoms with E-state index in [0.717, 1.165) is 17.0 Å². The Morgan fingerprint density at radius 2 is 1.88 bits per heavy atom. The molecule has 2 aromatic rings. The van der Waals surface area contributed by atoms with Crippen LogP contribution in [0.2, 0.25) is 0 Å². The molecule has 0 saturated heterocycles. The van der Waals surface area contributed by atoms with Gasteiger partial charge in [0.15, 0.2) is 5.78 Å². The summed E-state index contributed by atoms with van der Waals surface area (Å²) in [6.45, 7) is 3.65. The number of nitro groups is 1. The lowest BCUT2D eigenvalue weighted by molar-refractivity contribution is -0.384. The molecule has 1 heterocycles. The molecule has 0 spiro atoms. The molecule has 0 fully saturated rings. The predicted molar refractivity (Wildman–Crippen MR) is 125 cm³/mol. The molecule has 2 aromatic carbocycles. The lowest BCUT2D eigenvalue weighted by Crippen LogP contribution is -2.36.